The molecule has 1 aromatic carbocycles. The van der Waals surface area contributed by atoms with Crippen molar-refractivity contribution >= 4 is 6.09 Å². The molecular weight excluding hydrogens is 262 g/mol. The number of benzene rings is 1. The molecule has 4 unspecified atom stereocenters. The molecule has 0 radical (unpaired) electrons. The third-order valence-electron chi connectivity index (χ3n) is 3.63. The highest BCUT2D eigenvalue weighted by molar-refractivity contribution is 5.67. The third kappa shape index (κ3) is 2.77. The van der Waals surface area contributed by atoms with Crippen molar-refractivity contribution in [2.24, 2.45) is 0 Å². The lowest BCUT2D eigenvalue weighted by Gasteiger charge is -2.17. The number of fused-ring (bicyclic) bond motifs is 1. The van der Waals surface area contributed by atoms with Crippen molar-refractivity contribution in [3.05, 3.63) is 35.9 Å². The molecule has 2 fully saturated rings. The van der Waals surface area contributed by atoms with Gasteiger partial charge in [-0.3, -0.25) is 0 Å². The maximum absolute atomic E-state index is 11.8. The summed E-state index contributed by atoms with van der Waals surface area (Å²) in [6.07, 6.45) is -1.36. The van der Waals surface area contributed by atoms with Crippen LogP contribution in [-0.4, -0.2) is 42.3 Å². The standard InChI is InChI=1S/C14H17NO5/c16-11-6-10(12-13(11)20-8-19-12)15-14(17)18-7-9-4-2-1-3-5-9/h1-5,10-13,16H,6-8H2,(H,15,17). The fourth-order valence-corrected chi connectivity index (χ4v) is 2.65. The summed E-state index contributed by atoms with van der Waals surface area (Å²) in [6.45, 7) is 0.372. The molecule has 0 aromatic heterocycles. The van der Waals surface area contributed by atoms with Crippen LogP contribution in [0.2, 0.25) is 0 Å². The second-order valence-corrected chi connectivity index (χ2v) is 5.00. The summed E-state index contributed by atoms with van der Waals surface area (Å²) in [5.41, 5.74) is 0.924. The summed E-state index contributed by atoms with van der Waals surface area (Å²) in [4.78, 5) is 11.8. The number of rotatable bonds is 3. The van der Waals surface area contributed by atoms with Crippen LogP contribution in [0.3, 0.4) is 0 Å². The van der Waals surface area contributed by atoms with Gasteiger partial charge in [0.1, 0.15) is 25.6 Å². The Labute approximate surface area is 116 Å². The molecule has 1 amide bonds. The van der Waals surface area contributed by atoms with Crippen LogP contribution in [0.25, 0.3) is 0 Å². The van der Waals surface area contributed by atoms with Gasteiger partial charge in [0.05, 0.1) is 12.1 Å². The van der Waals surface area contributed by atoms with E-state index in [1.54, 1.807) is 0 Å². The highest BCUT2D eigenvalue weighted by Gasteiger charge is 2.48. The Morgan fingerprint density at radius 2 is 2.05 bits per heavy atom. The van der Waals surface area contributed by atoms with E-state index >= 15 is 0 Å². The molecule has 4 atom stereocenters. The normalized spacial score (nSPS) is 31.9. The fraction of sp³-hybridized carbons (Fsp3) is 0.500. The molecule has 2 N–H and O–H groups in total. The first kappa shape index (κ1) is 13.4. The van der Waals surface area contributed by atoms with E-state index < -0.39 is 12.2 Å². The van der Waals surface area contributed by atoms with Gasteiger partial charge in [-0.1, -0.05) is 30.3 Å². The number of alkyl carbamates (subject to hydrolysis) is 1. The predicted molar refractivity (Wildman–Crippen MR) is 68.8 cm³/mol. The molecule has 2 aliphatic rings. The molecule has 1 saturated heterocycles. The summed E-state index contributed by atoms with van der Waals surface area (Å²) in [7, 11) is 0. The zero-order valence-corrected chi connectivity index (χ0v) is 10.9. The van der Waals surface area contributed by atoms with Crippen LogP contribution in [0.4, 0.5) is 4.79 Å². The maximum atomic E-state index is 11.8. The van der Waals surface area contributed by atoms with Gasteiger partial charge in [0.2, 0.25) is 0 Å². The second-order valence-electron chi connectivity index (χ2n) is 5.00. The largest absolute Gasteiger partial charge is 0.445 e. The fourth-order valence-electron chi connectivity index (χ4n) is 2.65. The van der Waals surface area contributed by atoms with Crippen LogP contribution in [-0.2, 0) is 20.8 Å². The van der Waals surface area contributed by atoms with E-state index in [9.17, 15) is 9.90 Å². The molecule has 20 heavy (non-hydrogen) atoms. The molecule has 1 aromatic rings. The van der Waals surface area contributed by atoms with Crippen molar-refractivity contribution in [3.8, 4) is 0 Å². The average Bonchev–Trinajstić information content (AvgIpc) is 3.04. The first-order valence-electron chi connectivity index (χ1n) is 6.62. The summed E-state index contributed by atoms with van der Waals surface area (Å²) >= 11 is 0. The van der Waals surface area contributed by atoms with Crippen LogP contribution in [0, 0.1) is 0 Å². The van der Waals surface area contributed by atoms with Crippen molar-refractivity contribution in [2.75, 3.05) is 6.79 Å². The summed E-state index contributed by atoms with van der Waals surface area (Å²) in [5, 5.41) is 12.5. The van der Waals surface area contributed by atoms with Crippen molar-refractivity contribution in [1.29, 1.82) is 0 Å². The van der Waals surface area contributed by atoms with Crippen molar-refractivity contribution < 1.29 is 24.1 Å². The van der Waals surface area contributed by atoms with Crippen LogP contribution in [0.1, 0.15) is 12.0 Å². The molecular formula is C14H17NO5. The molecule has 3 rings (SSSR count). The number of amides is 1. The Hall–Kier alpha value is -1.63. The number of ether oxygens (including phenoxy) is 3. The summed E-state index contributed by atoms with van der Waals surface area (Å²) in [5.74, 6) is 0. The van der Waals surface area contributed by atoms with E-state index in [1.807, 2.05) is 30.3 Å². The van der Waals surface area contributed by atoms with Gasteiger partial charge in [0.15, 0.2) is 0 Å². The predicted octanol–water partition coefficient (Wildman–Crippen LogP) is 0.787. The van der Waals surface area contributed by atoms with Gasteiger partial charge in [-0.25, -0.2) is 4.79 Å². The van der Waals surface area contributed by atoms with Gasteiger partial charge < -0.3 is 24.6 Å². The number of carbonyl (C=O) groups is 1. The van der Waals surface area contributed by atoms with Gasteiger partial charge >= 0.3 is 6.09 Å². The Bertz CT molecular complexity index is 466. The van der Waals surface area contributed by atoms with Crippen LogP contribution in [0.15, 0.2) is 30.3 Å². The third-order valence-corrected chi connectivity index (χ3v) is 3.63. The topological polar surface area (TPSA) is 77.0 Å². The highest BCUT2D eigenvalue weighted by Crippen LogP contribution is 2.30. The average molecular weight is 279 g/mol. The van der Waals surface area contributed by atoms with Crippen molar-refractivity contribution in [1.82, 2.24) is 5.32 Å². The van der Waals surface area contributed by atoms with Crippen molar-refractivity contribution in [2.45, 2.75) is 37.4 Å². The van der Waals surface area contributed by atoms with Gasteiger partial charge in [0, 0.05) is 0 Å². The molecule has 6 heteroatoms. The number of carbonyl (C=O) groups excluding carboxylic acids is 1. The molecule has 6 nitrogen and oxygen atoms in total. The minimum atomic E-state index is -0.609. The molecule has 1 saturated carbocycles. The Kier molecular flexibility index (Phi) is 3.86. The molecule has 0 spiro atoms. The molecule has 1 heterocycles. The summed E-state index contributed by atoms with van der Waals surface area (Å²) < 4.78 is 15.8. The molecule has 0 bridgehead atoms. The Morgan fingerprint density at radius 1 is 1.30 bits per heavy atom. The minimum Gasteiger partial charge on any atom is -0.445 e. The number of nitrogens with one attached hydrogen (secondary N) is 1. The molecule has 108 valence electrons. The zero-order valence-electron chi connectivity index (χ0n) is 10.9. The quantitative estimate of drug-likeness (QED) is 0.855. The SMILES string of the molecule is O=C(NC1CC(O)C2OCOC12)OCc1ccccc1. The first-order chi connectivity index (χ1) is 9.74. The zero-order chi connectivity index (χ0) is 13.9. The van der Waals surface area contributed by atoms with E-state index in [0.29, 0.717) is 6.42 Å². The lowest BCUT2D eigenvalue weighted by atomic mass is 10.2. The monoisotopic (exact) mass is 279 g/mol. The van der Waals surface area contributed by atoms with Crippen LogP contribution in [0.5, 0.6) is 0 Å². The number of aliphatic hydroxyl groups is 1. The van der Waals surface area contributed by atoms with Crippen LogP contribution >= 0.6 is 0 Å². The van der Waals surface area contributed by atoms with Crippen molar-refractivity contribution in [3.63, 3.8) is 0 Å². The van der Waals surface area contributed by atoms with E-state index in [0.717, 1.165) is 5.56 Å². The number of hydrogen-bond donors (Lipinski definition) is 2. The Balaban J connectivity index is 1.49. The summed E-state index contributed by atoms with van der Waals surface area (Å²) in [6, 6.07) is 9.17. The first-order valence-corrected chi connectivity index (χ1v) is 6.62. The lowest BCUT2D eigenvalue weighted by molar-refractivity contribution is -0.0132. The maximum Gasteiger partial charge on any atom is 0.407 e. The minimum absolute atomic E-state index is 0.156. The second kappa shape index (κ2) is 5.78. The van der Waals surface area contributed by atoms with E-state index in [1.165, 1.54) is 0 Å². The molecule has 1 aliphatic heterocycles. The lowest BCUT2D eigenvalue weighted by Crippen LogP contribution is -2.42. The van der Waals surface area contributed by atoms with Gasteiger partial charge in [-0.15, -0.1) is 0 Å². The van der Waals surface area contributed by atoms with E-state index in [-0.39, 0.29) is 31.6 Å². The number of hydrogen-bond acceptors (Lipinski definition) is 5. The van der Waals surface area contributed by atoms with E-state index in [2.05, 4.69) is 5.32 Å². The molecule has 1 aliphatic carbocycles. The van der Waals surface area contributed by atoms with Gasteiger partial charge in [-0.2, -0.15) is 0 Å². The van der Waals surface area contributed by atoms with E-state index in [4.69, 9.17) is 14.2 Å². The number of aliphatic hydroxyl groups excluding tert-OH is 1. The highest BCUT2D eigenvalue weighted by atomic mass is 16.7. The smallest absolute Gasteiger partial charge is 0.407 e. The van der Waals surface area contributed by atoms with Crippen LogP contribution < -0.4 is 5.32 Å². The van der Waals surface area contributed by atoms with Gasteiger partial charge in [0.25, 0.3) is 0 Å². The Morgan fingerprint density at radius 3 is 2.85 bits per heavy atom. The van der Waals surface area contributed by atoms with Gasteiger partial charge in [-0.05, 0) is 12.0 Å².